The summed E-state index contributed by atoms with van der Waals surface area (Å²) in [6, 6.07) is 18.5. The number of esters is 1. The number of amides is 1. The van der Waals surface area contributed by atoms with E-state index < -0.39 is 22.5 Å². The van der Waals surface area contributed by atoms with Gasteiger partial charge in [-0.05, 0) is 48.0 Å². The fourth-order valence-corrected chi connectivity index (χ4v) is 3.00. The molecule has 0 spiro atoms. The van der Waals surface area contributed by atoms with Crippen LogP contribution in [0.5, 0.6) is 17.2 Å². The molecule has 0 heterocycles. The summed E-state index contributed by atoms with van der Waals surface area (Å²) in [4.78, 5) is 35.8. The predicted octanol–water partition coefficient (Wildman–Crippen LogP) is 4.38. The predicted molar refractivity (Wildman–Crippen MR) is 126 cm³/mol. The minimum Gasteiger partial charge on any atom is -0.496 e. The quantitative estimate of drug-likeness (QED) is 0.127. The van der Waals surface area contributed by atoms with Gasteiger partial charge < -0.3 is 19.5 Å². The highest BCUT2D eigenvalue weighted by Crippen LogP contribution is 2.31. The first-order valence-electron chi connectivity index (χ1n) is 10.1. The number of hydrogen-bond acceptors (Lipinski definition) is 8. The molecule has 35 heavy (non-hydrogen) atoms. The van der Waals surface area contributed by atoms with Gasteiger partial charge in [0.2, 0.25) is 0 Å². The fraction of sp³-hybridized carbons (Fsp3) is 0.0800. The van der Waals surface area contributed by atoms with E-state index in [4.69, 9.17) is 14.2 Å². The Balaban J connectivity index is 1.88. The Morgan fingerprint density at radius 1 is 1.00 bits per heavy atom. The molecule has 176 valence electrons. The molecule has 10 heteroatoms. The SMILES string of the molecule is COc1ccc(NC(=O)/C(C#N)=C/c2ccc(OC)c(OC(=O)c3ccccc3)c2)c([N+](=O)[O-])c1. The van der Waals surface area contributed by atoms with Gasteiger partial charge in [0.25, 0.3) is 11.6 Å². The number of hydrogen-bond donors (Lipinski definition) is 1. The molecule has 0 saturated carbocycles. The second kappa shape index (κ2) is 11.1. The van der Waals surface area contributed by atoms with E-state index in [9.17, 15) is 25.0 Å². The molecule has 0 radical (unpaired) electrons. The largest absolute Gasteiger partial charge is 0.496 e. The van der Waals surface area contributed by atoms with Gasteiger partial charge in [0, 0.05) is 0 Å². The number of carbonyl (C=O) groups excluding carboxylic acids is 2. The van der Waals surface area contributed by atoms with E-state index in [1.807, 2.05) is 0 Å². The van der Waals surface area contributed by atoms with E-state index >= 15 is 0 Å². The molecular formula is C25H19N3O7. The summed E-state index contributed by atoms with van der Waals surface area (Å²) in [7, 11) is 2.76. The average molecular weight is 473 g/mol. The van der Waals surface area contributed by atoms with E-state index in [1.165, 1.54) is 44.6 Å². The van der Waals surface area contributed by atoms with Crippen molar-refractivity contribution in [2.24, 2.45) is 0 Å². The van der Waals surface area contributed by atoms with E-state index in [1.54, 1.807) is 42.5 Å². The van der Waals surface area contributed by atoms with Gasteiger partial charge >= 0.3 is 5.97 Å². The Morgan fingerprint density at radius 2 is 1.74 bits per heavy atom. The first-order chi connectivity index (χ1) is 16.9. The van der Waals surface area contributed by atoms with Crippen molar-refractivity contribution in [1.29, 1.82) is 5.26 Å². The number of ether oxygens (including phenoxy) is 3. The molecule has 0 atom stereocenters. The maximum Gasteiger partial charge on any atom is 0.343 e. The van der Waals surface area contributed by atoms with Crippen LogP contribution in [0.2, 0.25) is 0 Å². The van der Waals surface area contributed by atoms with Gasteiger partial charge in [0.15, 0.2) is 11.5 Å². The van der Waals surface area contributed by atoms with Crippen LogP contribution in [0.4, 0.5) is 11.4 Å². The molecule has 3 aromatic carbocycles. The monoisotopic (exact) mass is 473 g/mol. The molecule has 0 unspecified atom stereocenters. The first kappa shape index (κ1) is 24.5. The molecule has 3 aromatic rings. The standard InChI is InChI=1S/C25H19N3O7/c1-33-19-9-10-20(21(14-19)28(31)32)27-24(29)18(15-26)12-16-8-11-22(34-2)23(13-16)35-25(30)17-6-4-3-5-7-17/h3-14H,1-2H3,(H,27,29)/b18-12+. The molecule has 0 fully saturated rings. The first-order valence-corrected chi connectivity index (χ1v) is 10.1. The highest BCUT2D eigenvalue weighted by molar-refractivity contribution is 6.10. The zero-order valence-electron chi connectivity index (χ0n) is 18.7. The summed E-state index contributed by atoms with van der Waals surface area (Å²) in [5.74, 6) is -0.891. The second-order valence-electron chi connectivity index (χ2n) is 6.93. The van der Waals surface area contributed by atoms with Crippen LogP contribution in [-0.2, 0) is 4.79 Å². The number of nitriles is 1. The number of rotatable bonds is 8. The normalized spacial score (nSPS) is 10.6. The maximum absolute atomic E-state index is 12.7. The molecule has 0 aromatic heterocycles. The molecule has 0 saturated heterocycles. The Bertz CT molecular complexity index is 1340. The molecule has 0 aliphatic carbocycles. The van der Waals surface area contributed by atoms with Crippen molar-refractivity contribution < 1.29 is 28.7 Å². The number of nitro benzene ring substituents is 1. The number of nitro groups is 1. The lowest BCUT2D eigenvalue weighted by Gasteiger charge is -2.10. The van der Waals surface area contributed by atoms with Crippen LogP contribution in [0, 0.1) is 21.4 Å². The van der Waals surface area contributed by atoms with Crippen LogP contribution in [0.1, 0.15) is 15.9 Å². The number of anilines is 1. The van der Waals surface area contributed by atoms with Crippen LogP contribution < -0.4 is 19.5 Å². The molecule has 0 aliphatic heterocycles. The van der Waals surface area contributed by atoms with Crippen LogP contribution in [0.25, 0.3) is 6.08 Å². The summed E-state index contributed by atoms with van der Waals surface area (Å²) in [5.41, 5.74) is -0.143. The van der Waals surface area contributed by atoms with Crippen molar-refractivity contribution in [3.05, 3.63) is 93.5 Å². The summed E-state index contributed by atoms with van der Waals surface area (Å²) in [5, 5.41) is 23.2. The number of methoxy groups -OCH3 is 2. The van der Waals surface area contributed by atoms with Crippen molar-refractivity contribution in [2.45, 2.75) is 0 Å². The van der Waals surface area contributed by atoms with Crippen molar-refractivity contribution in [3.8, 4) is 23.3 Å². The third-order valence-corrected chi connectivity index (χ3v) is 4.73. The molecule has 3 rings (SSSR count). The molecule has 0 aliphatic rings. The summed E-state index contributed by atoms with van der Waals surface area (Å²) in [6.45, 7) is 0. The van der Waals surface area contributed by atoms with Gasteiger partial charge in [-0.1, -0.05) is 24.3 Å². The van der Waals surface area contributed by atoms with Gasteiger partial charge in [-0.15, -0.1) is 0 Å². The lowest BCUT2D eigenvalue weighted by atomic mass is 10.1. The van der Waals surface area contributed by atoms with Gasteiger partial charge in [-0.3, -0.25) is 14.9 Å². The van der Waals surface area contributed by atoms with Gasteiger partial charge in [0.05, 0.1) is 30.8 Å². The number of nitrogens with one attached hydrogen (secondary N) is 1. The zero-order chi connectivity index (χ0) is 25.4. The number of nitrogens with zero attached hydrogens (tertiary/aromatic N) is 2. The molecule has 0 bridgehead atoms. The minimum atomic E-state index is -0.862. The van der Waals surface area contributed by atoms with Crippen LogP contribution >= 0.6 is 0 Å². The van der Waals surface area contributed by atoms with E-state index in [-0.39, 0.29) is 28.5 Å². The smallest absolute Gasteiger partial charge is 0.343 e. The molecule has 1 N–H and O–H groups in total. The number of benzene rings is 3. The van der Waals surface area contributed by atoms with E-state index in [0.717, 1.165) is 6.07 Å². The Kier molecular flexibility index (Phi) is 7.77. The van der Waals surface area contributed by atoms with Crippen molar-refractivity contribution >= 4 is 29.3 Å². The molecule has 10 nitrogen and oxygen atoms in total. The highest BCUT2D eigenvalue weighted by Gasteiger charge is 2.20. The van der Waals surface area contributed by atoms with Crippen LogP contribution in [0.3, 0.4) is 0 Å². The van der Waals surface area contributed by atoms with Gasteiger partial charge in [-0.2, -0.15) is 5.26 Å². The minimum absolute atomic E-state index is 0.0820. The molecule has 1 amide bonds. The van der Waals surface area contributed by atoms with Crippen molar-refractivity contribution in [2.75, 3.05) is 19.5 Å². The Hall–Kier alpha value is -5.17. The summed E-state index contributed by atoms with van der Waals surface area (Å²) < 4.78 is 15.6. The summed E-state index contributed by atoms with van der Waals surface area (Å²) >= 11 is 0. The third-order valence-electron chi connectivity index (χ3n) is 4.73. The van der Waals surface area contributed by atoms with E-state index in [0.29, 0.717) is 11.1 Å². The highest BCUT2D eigenvalue weighted by atomic mass is 16.6. The van der Waals surface area contributed by atoms with Gasteiger partial charge in [0.1, 0.15) is 23.1 Å². The van der Waals surface area contributed by atoms with Crippen LogP contribution in [0.15, 0.2) is 72.3 Å². The van der Waals surface area contributed by atoms with Crippen molar-refractivity contribution in [3.63, 3.8) is 0 Å². The molecular weight excluding hydrogens is 454 g/mol. The Morgan fingerprint density at radius 3 is 2.37 bits per heavy atom. The lowest BCUT2D eigenvalue weighted by Crippen LogP contribution is -2.14. The maximum atomic E-state index is 12.7. The van der Waals surface area contributed by atoms with E-state index in [2.05, 4.69) is 5.32 Å². The topological polar surface area (TPSA) is 141 Å². The second-order valence-corrected chi connectivity index (χ2v) is 6.93. The average Bonchev–Trinajstić information content (AvgIpc) is 2.87. The zero-order valence-corrected chi connectivity index (χ0v) is 18.7. The van der Waals surface area contributed by atoms with Crippen molar-refractivity contribution in [1.82, 2.24) is 0 Å². The lowest BCUT2D eigenvalue weighted by molar-refractivity contribution is -0.384. The summed E-state index contributed by atoms with van der Waals surface area (Å²) in [6.07, 6.45) is 1.25. The third kappa shape index (κ3) is 6.00. The fourth-order valence-electron chi connectivity index (χ4n) is 3.00. The van der Waals surface area contributed by atoms with Gasteiger partial charge in [-0.25, -0.2) is 4.79 Å². The van der Waals surface area contributed by atoms with Crippen LogP contribution in [-0.4, -0.2) is 31.0 Å². The Labute approximate surface area is 200 Å². The number of carbonyl (C=O) groups is 2.